The van der Waals surface area contributed by atoms with Crippen molar-refractivity contribution in [3.8, 4) is 11.5 Å². The van der Waals surface area contributed by atoms with Crippen LogP contribution in [0.15, 0.2) is 72.8 Å². The van der Waals surface area contributed by atoms with E-state index in [0.29, 0.717) is 12.2 Å². The first-order valence-electron chi connectivity index (χ1n) is 8.02. The molecule has 0 saturated carbocycles. The zero-order valence-corrected chi connectivity index (χ0v) is 13.5. The van der Waals surface area contributed by atoms with E-state index >= 15 is 0 Å². The normalized spacial score (nSPS) is 11.0. The Hall–Kier alpha value is -3.00. The number of ether oxygens (including phenoxy) is 1. The summed E-state index contributed by atoms with van der Waals surface area (Å²) in [4.78, 5) is 0. The Morgan fingerprint density at radius 1 is 0.708 bits per heavy atom. The molecule has 0 atom stereocenters. The van der Waals surface area contributed by atoms with Crippen LogP contribution in [0.2, 0.25) is 0 Å². The molecule has 0 fully saturated rings. The van der Waals surface area contributed by atoms with Crippen molar-refractivity contribution >= 4 is 21.5 Å². The van der Waals surface area contributed by atoms with Crippen LogP contribution in [0.25, 0.3) is 21.5 Å². The molecule has 0 amide bonds. The Morgan fingerprint density at radius 2 is 1.29 bits per heavy atom. The minimum atomic E-state index is 0.323. The molecule has 0 aromatic heterocycles. The van der Waals surface area contributed by atoms with E-state index in [4.69, 9.17) is 4.74 Å². The van der Waals surface area contributed by atoms with E-state index in [1.54, 1.807) is 13.2 Å². The van der Waals surface area contributed by atoms with Crippen LogP contribution in [-0.2, 0) is 6.42 Å². The largest absolute Gasteiger partial charge is 0.508 e. The van der Waals surface area contributed by atoms with Gasteiger partial charge in [0.15, 0.2) is 0 Å². The molecule has 4 aromatic carbocycles. The molecule has 2 nitrogen and oxygen atoms in total. The summed E-state index contributed by atoms with van der Waals surface area (Å²) in [5.41, 5.74) is 2.03. The van der Waals surface area contributed by atoms with E-state index in [2.05, 4.69) is 30.3 Å². The van der Waals surface area contributed by atoms with Gasteiger partial charge in [-0.1, -0.05) is 60.7 Å². The molecule has 24 heavy (non-hydrogen) atoms. The highest BCUT2D eigenvalue weighted by Gasteiger charge is 2.13. The Bertz CT molecular complexity index is 1030. The van der Waals surface area contributed by atoms with Crippen LogP contribution >= 0.6 is 0 Å². The van der Waals surface area contributed by atoms with Crippen molar-refractivity contribution in [1.82, 2.24) is 0 Å². The second kappa shape index (κ2) is 5.89. The number of rotatable bonds is 3. The van der Waals surface area contributed by atoms with Crippen LogP contribution in [0.5, 0.6) is 11.5 Å². The monoisotopic (exact) mass is 314 g/mol. The van der Waals surface area contributed by atoms with E-state index in [1.165, 1.54) is 5.39 Å². The van der Waals surface area contributed by atoms with E-state index in [-0.39, 0.29) is 0 Å². The molecular formula is C22H18O2. The maximum Gasteiger partial charge on any atom is 0.123 e. The Morgan fingerprint density at radius 3 is 1.96 bits per heavy atom. The van der Waals surface area contributed by atoms with Crippen LogP contribution in [0.3, 0.4) is 0 Å². The molecule has 118 valence electrons. The summed E-state index contributed by atoms with van der Waals surface area (Å²) in [7, 11) is 1.69. The third kappa shape index (κ3) is 2.37. The van der Waals surface area contributed by atoms with Crippen LogP contribution in [0, 0.1) is 0 Å². The Kier molecular flexibility index (Phi) is 3.58. The van der Waals surface area contributed by atoms with Crippen molar-refractivity contribution in [1.29, 1.82) is 0 Å². The van der Waals surface area contributed by atoms with Gasteiger partial charge in [-0.05, 0) is 33.7 Å². The molecule has 0 heterocycles. The van der Waals surface area contributed by atoms with Gasteiger partial charge in [-0.2, -0.15) is 0 Å². The van der Waals surface area contributed by atoms with Gasteiger partial charge < -0.3 is 9.84 Å². The van der Waals surface area contributed by atoms with Crippen molar-refractivity contribution in [2.24, 2.45) is 0 Å². The van der Waals surface area contributed by atoms with Crippen molar-refractivity contribution in [2.45, 2.75) is 6.42 Å². The first-order valence-corrected chi connectivity index (χ1v) is 8.02. The summed E-state index contributed by atoms with van der Waals surface area (Å²) in [5.74, 6) is 1.17. The summed E-state index contributed by atoms with van der Waals surface area (Å²) in [6, 6.07) is 24.2. The van der Waals surface area contributed by atoms with Gasteiger partial charge in [0.25, 0.3) is 0 Å². The quantitative estimate of drug-likeness (QED) is 0.556. The SMILES string of the molecule is COc1ccc2ccccc2c1Cc1c(O)ccc2ccccc12. The molecule has 0 unspecified atom stereocenters. The van der Waals surface area contributed by atoms with Crippen LogP contribution in [0.1, 0.15) is 11.1 Å². The zero-order valence-electron chi connectivity index (χ0n) is 13.5. The van der Waals surface area contributed by atoms with E-state index in [9.17, 15) is 5.11 Å². The van der Waals surface area contributed by atoms with Gasteiger partial charge in [0.05, 0.1) is 7.11 Å². The second-order valence-corrected chi connectivity index (χ2v) is 5.93. The maximum atomic E-state index is 10.5. The predicted octanol–water partition coefficient (Wildman–Crippen LogP) is 5.30. The molecule has 0 aliphatic rings. The van der Waals surface area contributed by atoms with Crippen LogP contribution < -0.4 is 4.74 Å². The standard InChI is InChI=1S/C22H18O2/c1-24-22-13-11-16-7-3-5-9-18(16)20(22)14-19-17-8-4-2-6-15(17)10-12-21(19)23/h2-13,23H,14H2,1H3. The van der Waals surface area contributed by atoms with Gasteiger partial charge in [-0.3, -0.25) is 0 Å². The molecule has 0 aliphatic heterocycles. The molecule has 1 N–H and O–H groups in total. The summed E-state index contributed by atoms with van der Waals surface area (Å²) >= 11 is 0. The number of methoxy groups -OCH3 is 1. The van der Waals surface area contributed by atoms with E-state index < -0.39 is 0 Å². The minimum absolute atomic E-state index is 0.323. The van der Waals surface area contributed by atoms with E-state index in [0.717, 1.165) is 33.0 Å². The van der Waals surface area contributed by atoms with Gasteiger partial charge in [0.2, 0.25) is 0 Å². The summed E-state index contributed by atoms with van der Waals surface area (Å²) in [5, 5.41) is 15.0. The van der Waals surface area contributed by atoms with Crippen molar-refractivity contribution in [2.75, 3.05) is 7.11 Å². The number of hydrogen-bond acceptors (Lipinski definition) is 2. The highest BCUT2D eigenvalue weighted by atomic mass is 16.5. The fourth-order valence-corrected chi connectivity index (χ4v) is 3.38. The summed E-state index contributed by atoms with van der Waals surface area (Å²) < 4.78 is 5.60. The van der Waals surface area contributed by atoms with Gasteiger partial charge >= 0.3 is 0 Å². The summed E-state index contributed by atoms with van der Waals surface area (Å²) in [6.45, 7) is 0. The molecule has 0 radical (unpaired) electrons. The molecule has 4 aromatic rings. The van der Waals surface area contributed by atoms with Crippen molar-refractivity contribution in [3.63, 3.8) is 0 Å². The molecule has 0 aliphatic carbocycles. The number of phenols is 1. The molecule has 2 heteroatoms. The lowest BCUT2D eigenvalue weighted by Crippen LogP contribution is -1.97. The first-order chi connectivity index (χ1) is 11.8. The van der Waals surface area contributed by atoms with E-state index in [1.807, 2.05) is 36.4 Å². The van der Waals surface area contributed by atoms with Gasteiger partial charge in [-0.25, -0.2) is 0 Å². The molecule has 0 spiro atoms. The topological polar surface area (TPSA) is 29.5 Å². The number of phenolic OH excluding ortho intramolecular Hbond substituents is 1. The minimum Gasteiger partial charge on any atom is -0.508 e. The Labute approximate surface area is 140 Å². The number of benzene rings is 4. The highest BCUT2D eigenvalue weighted by Crippen LogP contribution is 2.35. The fourth-order valence-electron chi connectivity index (χ4n) is 3.38. The first kappa shape index (κ1) is 14.6. The average molecular weight is 314 g/mol. The third-order valence-electron chi connectivity index (χ3n) is 4.59. The molecule has 0 saturated heterocycles. The molecule has 0 bridgehead atoms. The van der Waals surface area contributed by atoms with Crippen molar-refractivity contribution < 1.29 is 9.84 Å². The van der Waals surface area contributed by atoms with Gasteiger partial charge in [0, 0.05) is 17.5 Å². The number of aromatic hydroxyl groups is 1. The fraction of sp³-hybridized carbons (Fsp3) is 0.0909. The summed E-state index contributed by atoms with van der Waals surface area (Å²) in [6.07, 6.45) is 0.623. The lowest BCUT2D eigenvalue weighted by Gasteiger charge is -2.15. The molecular weight excluding hydrogens is 296 g/mol. The lowest BCUT2D eigenvalue weighted by atomic mass is 9.93. The maximum absolute atomic E-state index is 10.5. The van der Waals surface area contributed by atoms with Crippen LogP contribution in [-0.4, -0.2) is 12.2 Å². The predicted molar refractivity (Wildman–Crippen MR) is 98.9 cm³/mol. The average Bonchev–Trinajstić information content (AvgIpc) is 2.64. The second-order valence-electron chi connectivity index (χ2n) is 5.93. The number of hydrogen-bond donors (Lipinski definition) is 1. The zero-order chi connectivity index (χ0) is 16.5. The van der Waals surface area contributed by atoms with Crippen LogP contribution in [0.4, 0.5) is 0 Å². The molecule has 4 rings (SSSR count). The lowest BCUT2D eigenvalue weighted by molar-refractivity contribution is 0.411. The van der Waals surface area contributed by atoms with Crippen molar-refractivity contribution in [3.05, 3.63) is 83.9 Å². The van der Waals surface area contributed by atoms with Gasteiger partial charge in [-0.15, -0.1) is 0 Å². The highest BCUT2D eigenvalue weighted by molar-refractivity contribution is 5.91. The number of fused-ring (bicyclic) bond motifs is 2. The van der Waals surface area contributed by atoms with Gasteiger partial charge in [0.1, 0.15) is 11.5 Å². The third-order valence-corrected chi connectivity index (χ3v) is 4.59. The smallest absolute Gasteiger partial charge is 0.123 e. The Balaban J connectivity index is 1.96.